The molecule has 0 fully saturated rings. The summed E-state index contributed by atoms with van der Waals surface area (Å²) in [4.78, 5) is 19.5. The molecule has 0 aliphatic rings. The van der Waals surface area contributed by atoms with Crippen LogP contribution < -0.4 is 19.5 Å². The molecule has 7 nitrogen and oxygen atoms in total. The average molecular weight is 289 g/mol. The summed E-state index contributed by atoms with van der Waals surface area (Å²) in [6.45, 7) is -0.182. The van der Waals surface area contributed by atoms with Crippen LogP contribution in [0.1, 0.15) is 0 Å². The fourth-order valence-corrected chi connectivity index (χ4v) is 1.60. The molecule has 2 aromatic rings. The minimum Gasteiger partial charge on any atom is -0.493 e. The number of anilines is 1. The van der Waals surface area contributed by atoms with E-state index in [-0.39, 0.29) is 18.5 Å². The van der Waals surface area contributed by atoms with Gasteiger partial charge in [-0.25, -0.2) is 9.97 Å². The molecule has 1 aromatic heterocycles. The van der Waals surface area contributed by atoms with Gasteiger partial charge in [-0.1, -0.05) is 0 Å². The molecule has 0 radical (unpaired) electrons. The molecule has 21 heavy (non-hydrogen) atoms. The highest BCUT2D eigenvalue weighted by Crippen LogP contribution is 2.29. The quantitative estimate of drug-likeness (QED) is 0.868. The maximum atomic E-state index is 11.8. The number of hydrogen-bond donors (Lipinski definition) is 1. The van der Waals surface area contributed by atoms with Crippen molar-refractivity contribution in [2.45, 2.75) is 0 Å². The molecule has 0 aliphatic carbocycles. The lowest BCUT2D eigenvalue weighted by atomic mass is 10.2. The van der Waals surface area contributed by atoms with Crippen LogP contribution >= 0.6 is 0 Å². The van der Waals surface area contributed by atoms with Gasteiger partial charge in [0.2, 0.25) is 0 Å². The first-order valence-electron chi connectivity index (χ1n) is 6.14. The summed E-state index contributed by atoms with van der Waals surface area (Å²) < 4.78 is 15.4. The van der Waals surface area contributed by atoms with Crippen molar-refractivity contribution in [2.75, 3.05) is 26.1 Å². The molecule has 110 valence electrons. The van der Waals surface area contributed by atoms with E-state index in [9.17, 15) is 4.79 Å². The highest BCUT2D eigenvalue weighted by atomic mass is 16.5. The second kappa shape index (κ2) is 7.09. The number of aromatic nitrogens is 2. The number of benzene rings is 1. The van der Waals surface area contributed by atoms with Gasteiger partial charge in [0.05, 0.1) is 14.2 Å². The van der Waals surface area contributed by atoms with Crippen LogP contribution in [0, 0.1) is 0 Å². The molecule has 0 unspecified atom stereocenters. The lowest BCUT2D eigenvalue weighted by molar-refractivity contribution is -0.118. The number of rotatable bonds is 6. The monoisotopic (exact) mass is 289 g/mol. The first-order valence-corrected chi connectivity index (χ1v) is 6.14. The van der Waals surface area contributed by atoms with Gasteiger partial charge in [0, 0.05) is 24.1 Å². The van der Waals surface area contributed by atoms with Crippen molar-refractivity contribution in [3.8, 4) is 17.5 Å². The zero-order chi connectivity index (χ0) is 15.1. The van der Waals surface area contributed by atoms with E-state index in [4.69, 9.17) is 14.2 Å². The summed E-state index contributed by atoms with van der Waals surface area (Å²) >= 11 is 0. The number of carbonyl (C=O) groups excluding carboxylic acids is 1. The predicted octanol–water partition coefficient (Wildman–Crippen LogP) is 1.51. The zero-order valence-corrected chi connectivity index (χ0v) is 11.7. The average Bonchev–Trinajstić information content (AvgIpc) is 2.53. The number of nitrogens with one attached hydrogen (secondary N) is 1. The van der Waals surface area contributed by atoms with Gasteiger partial charge in [-0.15, -0.1) is 0 Å². The Hall–Kier alpha value is -2.83. The smallest absolute Gasteiger partial charge is 0.316 e. The normalized spacial score (nSPS) is 9.81. The third-order valence-corrected chi connectivity index (χ3v) is 2.54. The Morgan fingerprint density at radius 1 is 1.14 bits per heavy atom. The third kappa shape index (κ3) is 4.07. The summed E-state index contributed by atoms with van der Waals surface area (Å²) in [5.74, 6) is 0.793. The molecule has 7 heteroatoms. The topological polar surface area (TPSA) is 82.6 Å². The second-order valence-electron chi connectivity index (χ2n) is 3.94. The SMILES string of the molecule is COc1ccc(NC(=O)COc2ncccn2)cc1OC. The molecule has 0 bridgehead atoms. The molecule has 0 spiro atoms. The molecular weight excluding hydrogens is 274 g/mol. The Kier molecular flexibility index (Phi) is 4.92. The standard InChI is InChI=1S/C14H15N3O4/c1-19-11-5-4-10(8-12(11)20-2)17-13(18)9-21-14-15-6-3-7-16-14/h3-8H,9H2,1-2H3,(H,17,18). The van der Waals surface area contributed by atoms with Crippen LogP contribution in [0.25, 0.3) is 0 Å². The summed E-state index contributed by atoms with van der Waals surface area (Å²) in [6.07, 6.45) is 3.07. The van der Waals surface area contributed by atoms with Crippen molar-refractivity contribution in [2.24, 2.45) is 0 Å². The van der Waals surface area contributed by atoms with Crippen molar-refractivity contribution < 1.29 is 19.0 Å². The van der Waals surface area contributed by atoms with Gasteiger partial charge in [0.1, 0.15) is 0 Å². The summed E-state index contributed by atoms with van der Waals surface area (Å²) in [7, 11) is 3.07. The van der Waals surface area contributed by atoms with Crippen LogP contribution in [0.5, 0.6) is 17.5 Å². The molecule has 1 aromatic carbocycles. The number of amides is 1. The molecule has 0 atom stereocenters. The van der Waals surface area contributed by atoms with Gasteiger partial charge in [0.25, 0.3) is 5.91 Å². The Balaban J connectivity index is 1.93. The van der Waals surface area contributed by atoms with E-state index < -0.39 is 0 Å². The van der Waals surface area contributed by atoms with Crippen molar-refractivity contribution in [1.29, 1.82) is 0 Å². The molecule has 0 saturated carbocycles. The Labute approximate surface area is 121 Å². The van der Waals surface area contributed by atoms with Gasteiger partial charge in [-0.05, 0) is 18.2 Å². The van der Waals surface area contributed by atoms with Gasteiger partial charge in [-0.3, -0.25) is 4.79 Å². The van der Waals surface area contributed by atoms with E-state index in [0.717, 1.165) is 0 Å². The van der Waals surface area contributed by atoms with Crippen LogP contribution in [-0.4, -0.2) is 36.7 Å². The van der Waals surface area contributed by atoms with Crippen molar-refractivity contribution in [3.05, 3.63) is 36.7 Å². The van der Waals surface area contributed by atoms with E-state index in [0.29, 0.717) is 17.2 Å². The number of carbonyl (C=O) groups is 1. The number of methoxy groups -OCH3 is 2. The van der Waals surface area contributed by atoms with Crippen molar-refractivity contribution in [1.82, 2.24) is 9.97 Å². The fourth-order valence-electron chi connectivity index (χ4n) is 1.60. The lowest BCUT2D eigenvalue weighted by Crippen LogP contribution is -2.20. The number of hydrogen-bond acceptors (Lipinski definition) is 6. The molecule has 1 heterocycles. The van der Waals surface area contributed by atoms with E-state index in [1.165, 1.54) is 19.5 Å². The van der Waals surface area contributed by atoms with Crippen LogP contribution in [0.2, 0.25) is 0 Å². The minimum absolute atomic E-state index is 0.153. The lowest BCUT2D eigenvalue weighted by Gasteiger charge is -2.10. The second-order valence-corrected chi connectivity index (χ2v) is 3.94. The third-order valence-electron chi connectivity index (χ3n) is 2.54. The highest BCUT2D eigenvalue weighted by molar-refractivity contribution is 5.92. The minimum atomic E-state index is -0.324. The van der Waals surface area contributed by atoms with Crippen LogP contribution in [-0.2, 0) is 4.79 Å². The van der Waals surface area contributed by atoms with E-state index >= 15 is 0 Å². The first-order chi connectivity index (χ1) is 10.2. The molecular formula is C14H15N3O4. The number of ether oxygens (including phenoxy) is 3. The van der Waals surface area contributed by atoms with Gasteiger partial charge in [-0.2, -0.15) is 0 Å². The van der Waals surface area contributed by atoms with Gasteiger partial charge < -0.3 is 19.5 Å². The van der Waals surface area contributed by atoms with E-state index in [1.54, 1.807) is 31.4 Å². The number of nitrogens with zero attached hydrogens (tertiary/aromatic N) is 2. The zero-order valence-electron chi connectivity index (χ0n) is 11.7. The molecule has 2 rings (SSSR count). The summed E-state index contributed by atoms with van der Waals surface area (Å²) in [5.41, 5.74) is 0.579. The van der Waals surface area contributed by atoms with E-state index in [1.807, 2.05) is 0 Å². The predicted molar refractivity (Wildman–Crippen MR) is 75.7 cm³/mol. The molecule has 1 amide bonds. The Morgan fingerprint density at radius 3 is 2.52 bits per heavy atom. The van der Waals surface area contributed by atoms with Crippen molar-refractivity contribution in [3.63, 3.8) is 0 Å². The van der Waals surface area contributed by atoms with Crippen LogP contribution in [0.4, 0.5) is 5.69 Å². The summed E-state index contributed by atoms with van der Waals surface area (Å²) in [6, 6.07) is 6.89. The largest absolute Gasteiger partial charge is 0.493 e. The van der Waals surface area contributed by atoms with Gasteiger partial charge in [0.15, 0.2) is 18.1 Å². The van der Waals surface area contributed by atoms with Crippen LogP contribution in [0.3, 0.4) is 0 Å². The Bertz CT molecular complexity index is 604. The highest BCUT2D eigenvalue weighted by Gasteiger charge is 2.08. The van der Waals surface area contributed by atoms with E-state index in [2.05, 4.69) is 15.3 Å². The first kappa shape index (κ1) is 14.6. The molecule has 1 N–H and O–H groups in total. The maximum Gasteiger partial charge on any atom is 0.316 e. The van der Waals surface area contributed by atoms with Crippen LogP contribution in [0.15, 0.2) is 36.7 Å². The summed E-state index contributed by atoms with van der Waals surface area (Å²) in [5, 5.41) is 2.68. The fraction of sp³-hybridized carbons (Fsp3) is 0.214. The van der Waals surface area contributed by atoms with Crippen molar-refractivity contribution >= 4 is 11.6 Å². The molecule has 0 aliphatic heterocycles. The molecule has 0 saturated heterocycles. The maximum absolute atomic E-state index is 11.8. The Morgan fingerprint density at radius 2 is 1.86 bits per heavy atom. The van der Waals surface area contributed by atoms with Gasteiger partial charge >= 0.3 is 6.01 Å².